The number of nitrogens with zero attached hydrogens (tertiary/aromatic N) is 1. The first-order valence-electron chi connectivity index (χ1n) is 12.3. The minimum Gasteiger partial charge on any atom is -0.493 e. The lowest BCUT2D eigenvalue weighted by Crippen LogP contribution is -2.13. The molecule has 8 heteroatoms. The molecule has 0 atom stereocenters. The van der Waals surface area contributed by atoms with Crippen LogP contribution in [0.4, 0.5) is 5.69 Å². The lowest BCUT2D eigenvalue weighted by molar-refractivity contribution is -0.112. The minimum absolute atomic E-state index is 0.0637. The normalized spacial score (nSPS) is 10.9. The highest BCUT2D eigenvalue weighted by atomic mass is 35.5. The van der Waals surface area contributed by atoms with Gasteiger partial charge in [0, 0.05) is 5.69 Å². The van der Waals surface area contributed by atoms with Crippen molar-refractivity contribution in [1.82, 2.24) is 0 Å². The molecule has 4 aromatic carbocycles. The van der Waals surface area contributed by atoms with Crippen molar-refractivity contribution in [2.24, 2.45) is 0 Å². The molecule has 0 aliphatic carbocycles. The van der Waals surface area contributed by atoms with Crippen molar-refractivity contribution in [3.8, 4) is 23.3 Å². The predicted molar refractivity (Wildman–Crippen MR) is 158 cm³/mol. The van der Waals surface area contributed by atoms with E-state index in [0.29, 0.717) is 45.2 Å². The third kappa shape index (κ3) is 7.79. The Morgan fingerprint density at radius 2 is 1.55 bits per heavy atom. The van der Waals surface area contributed by atoms with E-state index in [1.807, 2.05) is 43.3 Å². The molecule has 0 unspecified atom stereocenters. The molecule has 6 nitrogen and oxygen atoms in total. The molecule has 202 valence electrons. The van der Waals surface area contributed by atoms with E-state index in [4.69, 9.17) is 37.4 Å². The number of carbonyl (C=O) groups is 1. The number of rotatable bonds is 10. The highest BCUT2D eigenvalue weighted by Gasteiger charge is 2.12. The van der Waals surface area contributed by atoms with Crippen LogP contribution in [0, 0.1) is 18.3 Å². The summed E-state index contributed by atoms with van der Waals surface area (Å²) < 4.78 is 17.1. The second-order valence-corrected chi connectivity index (χ2v) is 9.68. The second kappa shape index (κ2) is 13.6. The Hall–Kier alpha value is -4.44. The number of aryl methyl sites for hydroxylation is 1. The number of methoxy groups -OCH3 is 1. The molecule has 1 N–H and O–H groups in total. The van der Waals surface area contributed by atoms with Gasteiger partial charge in [-0.15, -0.1) is 0 Å². The molecule has 0 saturated carbocycles. The van der Waals surface area contributed by atoms with E-state index in [-0.39, 0.29) is 12.2 Å². The zero-order valence-corrected chi connectivity index (χ0v) is 23.4. The minimum atomic E-state index is -0.533. The number of hydrogen-bond acceptors (Lipinski definition) is 5. The molecule has 0 aromatic heterocycles. The fraction of sp³-hybridized carbons (Fsp3) is 0.125. The van der Waals surface area contributed by atoms with Gasteiger partial charge in [-0.05, 0) is 78.2 Å². The van der Waals surface area contributed by atoms with Crippen molar-refractivity contribution in [2.75, 3.05) is 12.4 Å². The molecule has 4 aromatic rings. The predicted octanol–water partition coefficient (Wildman–Crippen LogP) is 8.01. The average molecular weight is 573 g/mol. The van der Waals surface area contributed by atoms with Crippen molar-refractivity contribution >= 4 is 40.9 Å². The lowest BCUT2D eigenvalue weighted by Gasteiger charge is -2.12. The summed E-state index contributed by atoms with van der Waals surface area (Å²) in [5, 5.41) is 13.3. The maximum atomic E-state index is 12.8. The van der Waals surface area contributed by atoms with Crippen molar-refractivity contribution in [3.05, 3.63) is 123 Å². The quantitative estimate of drug-likeness (QED) is 0.154. The Bertz CT molecular complexity index is 1560. The Kier molecular flexibility index (Phi) is 9.69. The Morgan fingerprint density at radius 1 is 0.850 bits per heavy atom. The van der Waals surface area contributed by atoms with Gasteiger partial charge in [-0.2, -0.15) is 5.26 Å². The fourth-order valence-corrected chi connectivity index (χ4v) is 4.00. The van der Waals surface area contributed by atoms with Gasteiger partial charge in [0.15, 0.2) is 11.5 Å². The van der Waals surface area contributed by atoms with E-state index in [0.717, 1.165) is 11.1 Å². The lowest BCUT2D eigenvalue weighted by atomic mass is 10.1. The number of benzene rings is 4. The van der Waals surface area contributed by atoms with Gasteiger partial charge < -0.3 is 19.5 Å². The van der Waals surface area contributed by atoms with E-state index in [1.165, 1.54) is 18.7 Å². The first-order valence-corrected chi connectivity index (χ1v) is 13.1. The van der Waals surface area contributed by atoms with Crippen LogP contribution in [0.2, 0.25) is 10.0 Å². The summed E-state index contributed by atoms with van der Waals surface area (Å²) in [6, 6.07) is 27.5. The third-order valence-electron chi connectivity index (χ3n) is 5.88. The Balaban J connectivity index is 1.38. The smallest absolute Gasteiger partial charge is 0.266 e. The third-order valence-corrected chi connectivity index (χ3v) is 6.62. The summed E-state index contributed by atoms with van der Waals surface area (Å²) in [5.74, 6) is 1.09. The fourth-order valence-electron chi connectivity index (χ4n) is 3.68. The summed E-state index contributed by atoms with van der Waals surface area (Å²) in [7, 11) is 1.51. The zero-order chi connectivity index (χ0) is 28.5. The molecule has 0 aliphatic rings. The van der Waals surface area contributed by atoms with Crippen molar-refractivity contribution < 1.29 is 19.0 Å². The first-order chi connectivity index (χ1) is 19.3. The van der Waals surface area contributed by atoms with Crippen molar-refractivity contribution in [1.29, 1.82) is 5.26 Å². The second-order valence-electron chi connectivity index (χ2n) is 8.87. The summed E-state index contributed by atoms with van der Waals surface area (Å²) in [6.07, 6.45) is 1.49. The zero-order valence-electron chi connectivity index (χ0n) is 21.9. The molecule has 0 saturated heterocycles. The van der Waals surface area contributed by atoms with Gasteiger partial charge in [0.25, 0.3) is 5.91 Å². The SMILES string of the molecule is COc1cc(/C=C(\C#N)C(=O)Nc2ccc(OCc3ccc(C)cc3)cc2)ccc1OCc1ccc(Cl)c(Cl)c1. The number of carbonyl (C=O) groups excluding carboxylic acids is 1. The van der Waals surface area contributed by atoms with E-state index < -0.39 is 5.91 Å². The maximum absolute atomic E-state index is 12.8. The van der Waals surface area contributed by atoms with E-state index in [2.05, 4.69) is 5.32 Å². The largest absolute Gasteiger partial charge is 0.493 e. The molecule has 0 fully saturated rings. The molecule has 0 bridgehead atoms. The molecule has 0 radical (unpaired) electrons. The molecule has 4 rings (SSSR count). The van der Waals surface area contributed by atoms with Gasteiger partial charge in [-0.3, -0.25) is 4.79 Å². The summed E-state index contributed by atoms with van der Waals surface area (Å²) in [4.78, 5) is 12.8. The van der Waals surface area contributed by atoms with Gasteiger partial charge in [-0.1, -0.05) is 65.2 Å². The van der Waals surface area contributed by atoms with Crippen LogP contribution in [0.1, 0.15) is 22.3 Å². The van der Waals surface area contributed by atoms with Crippen LogP contribution in [0.5, 0.6) is 17.2 Å². The monoisotopic (exact) mass is 572 g/mol. The Morgan fingerprint density at radius 3 is 2.23 bits per heavy atom. The number of anilines is 1. The van der Waals surface area contributed by atoms with Gasteiger partial charge in [0.05, 0.1) is 17.2 Å². The summed E-state index contributed by atoms with van der Waals surface area (Å²) >= 11 is 12.0. The van der Waals surface area contributed by atoms with E-state index in [1.54, 1.807) is 54.6 Å². The van der Waals surface area contributed by atoms with Crippen LogP contribution in [0.25, 0.3) is 6.08 Å². The highest BCUT2D eigenvalue weighted by molar-refractivity contribution is 6.42. The van der Waals surface area contributed by atoms with Gasteiger partial charge >= 0.3 is 0 Å². The highest BCUT2D eigenvalue weighted by Crippen LogP contribution is 2.31. The number of ether oxygens (including phenoxy) is 3. The van der Waals surface area contributed by atoms with Crippen LogP contribution in [-0.2, 0) is 18.0 Å². The maximum Gasteiger partial charge on any atom is 0.266 e. The average Bonchev–Trinajstić information content (AvgIpc) is 2.97. The number of nitriles is 1. The van der Waals surface area contributed by atoms with Crippen LogP contribution in [0.15, 0.2) is 90.5 Å². The van der Waals surface area contributed by atoms with Crippen LogP contribution in [-0.4, -0.2) is 13.0 Å². The molecule has 40 heavy (non-hydrogen) atoms. The van der Waals surface area contributed by atoms with E-state index >= 15 is 0 Å². The molecular formula is C32H26Cl2N2O4. The molecule has 0 spiro atoms. The van der Waals surface area contributed by atoms with Gasteiger partial charge in [-0.25, -0.2) is 0 Å². The molecule has 1 amide bonds. The first kappa shape index (κ1) is 28.6. The molecular weight excluding hydrogens is 547 g/mol. The van der Waals surface area contributed by atoms with Crippen LogP contribution >= 0.6 is 23.2 Å². The van der Waals surface area contributed by atoms with Crippen molar-refractivity contribution in [3.63, 3.8) is 0 Å². The standard InChI is InChI=1S/C32H26Cl2N2O4/c1-21-3-5-22(6-4-21)19-39-27-11-9-26(10-12-27)36-32(37)25(18-35)15-23-8-14-30(31(17-23)38-2)40-20-24-7-13-28(33)29(34)16-24/h3-17H,19-20H2,1-2H3,(H,36,37)/b25-15+. The van der Waals surface area contributed by atoms with Gasteiger partial charge in [0.2, 0.25) is 0 Å². The molecule has 0 aliphatic heterocycles. The Labute approximate surface area is 243 Å². The molecule has 0 heterocycles. The van der Waals surface area contributed by atoms with Crippen LogP contribution < -0.4 is 19.5 Å². The van der Waals surface area contributed by atoms with Crippen molar-refractivity contribution in [2.45, 2.75) is 20.1 Å². The van der Waals surface area contributed by atoms with Crippen LogP contribution in [0.3, 0.4) is 0 Å². The number of amides is 1. The van der Waals surface area contributed by atoms with E-state index in [9.17, 15) is 10.1 Å². The summed E-state index contributed by atoms with van der Waals surface area (Å²) in [6.45, 7) is 2.73. The summed E-state index contributed by atoms with van der Waals surface area (Å²) in [5.41, 5.74) is 4.18. The van der Waals surface area contributed by atoms with Gasteiger partial charge in [0.1, 0.15) is 30.6 Å². The topological polar surface area (TPSA) is 80.6 Å². The number of nitrogens with one attached hydrogen (secondary N) is 1. The number of halogens is 2. The number of hydrogen-bond donors (Lipinski definition) is 1.